The van der Waals surface area contributed by atoms with Crippen molar-refractivity contribution >= 4 is 12.0 Å². The third kappa shape index (κ3) is 7.32. The largest absolute Gasteiger partial charge is 0.475 e. The molecule has 1 saturated carbocycles. The van der Waals surface area contributed by atoms with Gasteiger partial charge in [-0.15, -0.1) is 0 Å². The lowest BCUT2D eigenvalue weighted by atomic mass is 9.59. The molecule has 2 amide bonds. The Kier molecular flexibility index (Phi) is 9.80. The minimum atomic E-state index is -0.258. The van der Waals surface area contributed by atoms with E-state index in [0.717, 1.165) is 60.1 Å². The van der Waals surface area contributed by atoms with Crippen molar-refractivity contribution in [3.63, 3.8) is 0 Å². The molecule has 1 spiro atoms. The van der Waals surface area contributed by atoms with Gasteiger partial charge in [0.25, 0.3) is 5.91 Å². The lowest BCUT2D eigenvalue weighted by Crippen LogP contribution is -2.60. The summed E-state index contributed by atoms with van der Waals surface area (Å²) in [6, 6.07) is 16.0. The van der Waals surface area contributed by atoms with Gasteiger partial charge in [-0.25, -0.2) is 9.78 Å². The van der Waals surface area contributed by atoms with Gasteiger partial charge in [-0.1, -0.05) is 49.7 Å². The monoisotopic (exact) mass is 612 g/mol. The Bertz CT molecular complexity index is 1500. The highest BCUT2D eigenvalue weighted by molar-refractivity contribution is 5.95. The number of likely N-dealkylation sites (tertiary alicyclic amines) is 1. The van der Waals surface area contributed by atoms with Crippen LogP contribution in [0.3, 0.4) is 0 Å². The molecule has 8 nitrogen and oxygen atoms in total. The first-order chi connectivity index (χ1) is 21.5. The average molecular weight is 613 g/mol. The third-order valence-electron chi connectivity index (χ3n) is 9.60. The molecule has 2 aliphatic rings. The van der Waals surface area contributed by atoms with Gasteiger partial charge < -0.3 is 19.3 Å². The Morgan fingerprint density at radius 2 is 1.64 bits per heavy atom. The van der Waals surface area contributed by atoms with Gasteiger partial charge in [0.2, 0.25) is 5.88 Å². The number of carbonyl (C=O) groups excluding carboxylic acids is 2. The number of carbonyl (C=O) groups is 2. The van der Waals surface area contributed by atoms with E-state index in [0.29, 0.717) is 42.9 Å². The smallest absolute Gasteiger partial charge is 0.409 e. The maximum Gasteiger partial charge on any atom is 0.409 e. The first kappa shape index (κ1) is 32.5. The highest BCUT2D eigenvalue weighted by atomic mass is 16.5. The number of benzene rings is 2. The zero-order valence-electron chi connectivity index (χ0n) is 27.9. The number of hydrogen-bond acceptors (Lipinski definition) is 6. The highest BCUT2D eigenvalue weighted by Gasteiger charge is 2.51. The molecule has 1 aromatic heterocycles. The van der Waals surface area contributed by atoms with E-state index in [-0.39, 0.29) is 29.5 Å². The summed E-state index contributed by atoms with van der Waals surface area (Å²) >= 11 is 0. The van der Waals surface area contributed by atoms with Crippen molar-refractivity contribution < 1.29 is 19.1 Å². The van der Waals surface area contributed by atoms with Crippen molar-refractivity contribution in [2.45, 2.75) is 85.7 Å². The lowest BCUT2D eigenvalue weighted by Gasteiger charge is -2.56. The number of rotatable bonds is 9. The first-order valence-corrected chi connectivity index (χ1v) is 16.3. The Balaban J connectivity index is 1.40. The molecule has 2 fully saturated rings. The maximum atomic E-state index is 14.4. The van der Waals surface area contributed by atoms with Crippen LogP contribution in [0.2, 0.25) is 0 Å². The number of amides is 2. The molecule has 1 aliphatic heterocycles. The number of methoxy groups -OCH3 is 1. The van der Waals surface area contributed by atoms with E-state index in [2.05, 4.69) is 55.8 Å². The summed E-state index contributed by atoms with van der Waals surface area (Å²) in [6.45, 7) is 14.2. The number of nitrogens with zero attached hydrogens (tertiary/aromatic N) is 4. The number of aromatic nitrogens is 2. The van der Waals surface area contributed by atoms with Crippen LogP contribution in [0.25, 0.3) is 11.3 Å². The maximum absolute atomic E-state index is 14.4. The van der Waals surface area contributed by atoms with E-state index in [1.807, 2.05) is 44.2 Å². The summed E-state index contributed by atoms with van der Waals surface area (Å²) in [6.07, 6.45) is 4.27. The molecule has 240 valence electrons. The van der Waals surface area contributed by atoms with E-state index < -0.39 is 0 Å². The molecule has 0 N–H and O–H groups in total. The van der Waals surface area contributed by atoms with Gasteiger partial charge in [-0.3, -0.25) is 4.79 Å². The van der Waals surface area contributed by atoms with Crippen molar-refractivity contribution in [2.75, 3.05) is 26.8 Å². The van der Waals surface area contributed by atoms with E-state index in [1.54, 1.807) is 4.90 Å². The van der Waals surface area contributed by atoms with Crippen molar-refractivity contribution in [1.29, 1.82) is 0 Å². The highest BCUT2D eigenvalue weighted by Crippen LogP contribution is 2.52. The third-order valence-corrected chi connectivity index (χ3v) is 9.60. The van der Waals surface area contributed by atoms with Crippen LogP contribution in [0.4, 0.5) is 4.79 Å². The molecular formula is C37H48N4O4. The van der Waals surface area contributed by atoms with E-state index in [9.17, 15) is 9.59 Å². The normalized spacial score (nSPS) is 16.8. The SMILES string of the molecule is COC(=O)N1CCC2(CC1)CC(N(C(=O)c1cccc(C)c1)[C@@H](COc1cc(-c3c(C)cccc3C)nc(C)n1)CC(C)C)C2. The Hall–Kier alpha value is -3.94. The number of piperidine rings is 1. The fourth-order valence-corrected chi connectivity index (χ4v) is 7.34. The fraction of sp³-hybridized carbons (Fsp3) is 0.514. The van der Waals surface area contributed by atoms with Gasteiger partial charge in [0.1, 0.15) is 12.4 Å². The second-order valence-electron chi connectivity index (χ2n) is 13.6. The minimum Gasteiger partial charge on any atom is -0.475 e. The summed E-state index contributed by atoms with van der Waals surface area (Å²) in [4.78, 5) is 39.8. The van der Waals surface area contributed by atoms with Crippen LogP contribution in [0.1, 0.15) is 78.8 Å². The summed E-state index contributed by atoms with van der Waals surface area (Å²) < 4.78 is 11.4. The topological polar surface area (TPSA) is 84.9 Å². The molecule has 5 rings (SSSR count). The molecule has 1 aliphatic carbocycles. The Morgan fingerprint density at radius 3 is 2.27 bits per heavy atom. The molecule has 2 heterocycles. The fourth-order valence-electron chi connectivity index (χ4n) is 7.34. The molecule has 8 heteroatoms. The van der Waals surface area contributed by atoms with Crippen LogP contribution in [0.5, 0.6) is 5.88 Å². The van der Waals surface area contributed by atoms with Crippen molar-refractivity contribution in [2.24, 2.45) is 11.3 Å². The van der Waals surface area contributed by atoms with Gasteiger partial charge in [0.05, 0.1) is 18.8 Å². The summed E-state index contributed by atoms with van der Waals surface area (Å²) in [5, 5.41) is 0. The van der Waals surface area contributed by atoms with Crippen LogP contribution in [0.15, 0.2) is 48.5 Å². The van der Waals surface area contributed by atoms with Crippen molar-refractivity contribution in [3.8, 4) is 17.1 Å². The molecule has 1 saturated heterocycles. The molecular weight excluding hydrogens is 564 g/mol. The molecule has 2 aromatic carbocycles. The van der Waals surface area contributed by atoms with Crippen LogP contribution >= 0.6 is 0 Å². The molecule has 0 radical (unpaired) electrons. The van der Waals surface area contributed by atoms with Crippen LogP contribution in [-0.4, -0.2) is 70.7 Å². The molecule has 1 atom stereocenters. The van der Waals surface area contributed by atoms with E-state index >= 15 is 0 Å². The minimum absolute atomic E-state index is 0.0508. The number of hydrogen-bond donors (Lipinski definition) is 0. The van der Waals surface area contributed by atoms with Gasteiger partial charge in [-0.2, -0.15) is 4.98 Å². The van der Waals surface area contributed by atoms with E-state index in [4.69, 9.17) is 14.5 Å². The van der Waals surface area contributed by atoms with Crippen LogP contribution in [-0.2, 0) is 4.74 Å². The molecule has 3 aromatic rings. The van der Waals surface area contributed by atoms with Crippen molar-refractivity contribution in [3.05, 3.63) is 76.6 Å². The second kappa shape index (κ2) is 13.6. The summed E-state index contributed by atoms with van der Waals surface area (Å²) in [7, 11) is 1.44. The van der Waals surface area contributed by atoms with Gasteiger partial charge >= 0.3 is 6.09 Å². The molecule has 45 heavy (non-hydrogen) atoms. The predicted octanol–water partition coefficient (Wildman–Crippen LogP) is 7.32. The van der Waals surface area contributed by atoms with Gasteiger partial charge in [0, 0.05) is 36.3 Å². The van der Waals surface area contributed by atoms with Gasteiger partial charge in [-0.05, 0) is 94.4 Å². The van der Waals surface area contributed by atoms with Crippen LogP contribution in [0, 0.1) is 39.0 Å². The number of ether oxygens (including phenoxy) is 2. The van der Waals surface area contributed by atoms with E-state index in [1.165, 1.54) is 7.11 Å². The Morgan fingerprint density at radius 1 is 0.978 bits per heavy atom. The standard InChI is InChI=1S/C37H48N4O4/c1-24(2)18-30(23-45-33-20-32(38-28(6)39-33)34-26(4)11-9-12-27(34)5)41(35(42)29-13-8-10-25(3)19-29)31-21-37(22-31)14-16-40(17-15-37)36(43)44-7/h8-13,19-20,24,30-31H,14-18,21-23H2,1-7H3/t30-/m1/s1. The summed E-state index contributed by atoms with van der Waals surface area (Å²) in [5.41, 5.74) is 6.18. The molecule has 0 bridgehead atoms. The Labute approximate surface area is 268 Å². The summed E-state index contributed by atoms with van der Waals surface area (Å²) in [5.74, 6) is 1.59. The predicted molar refractivity (Wildman–Crippen MR) is 176 cm³/mol. The number of aryl methyl sites for hydroxylation is 4. The zero-order valence-corrected chi connectivity index (χ0v) is 27.9. The molecule has 0 unspecified atom stereocenters. The van der Waals surface area contributed by atoms with Crippen molar-refractivity contribution in [1.82, 2.24) is 19.8 Å². The zero-order chi connectivity index (χ0) is 32.3. The second-order valence-corrected chi connectivity index (χ2v) is 13.6. The average Bonchev–Trinajstić information content (AvgIpc) is 2.98. The quantitative estimate of drug-likeness (QED) is 0.252. The first-order valence-electron chi connectivity index (χ1n) is 16.3. The lowest BCUT2D eigenvalue weighted by molar-refractivity contribution is -0.0504. The van der Waals surface area contributed by atoms with Crippen LogP contribution < -0.4 is 4.74 Å². The van der Waals surface area contributed by atoms with Gasteiger partial charge in [0.15, 0.2) is 0 Å².